The van der Waals surface area contributed by atoms with E-state index < -0.39 is 0 Å². The fraction of sp³-hybridized carbons (Fsp3) is 0.438. The molecule has 0 bridgehead atoms. The fourth-order valence-electron chi connectivity index (χ4n) is 2.55. The quantitative estimate of drug-likeness (QED) is 0.892. The molecule has 1 amide bonds. The second-order valence-corrected chi connectivity index (χ2v) is 5.91. The predicted octanol–water partition coefficient (Wildman–Crippen LogP) is 2.44. The summed E-state index contributed by atoms with van der Waals surface area (Å²) in [5.74, 6) is 0.406. The van der Waals surface area contributed by atoms with Crippen LogP contribution in [0.5, 0.6) is 0 Å². The largest absolute Gasteiger partial charge is 0.378 e. The number of nitrogens with zero attached hydrogens (tertiary/aromatic N) is 3. The SMILES string of the molecule is Cc1noc(Cl)c1CCC(=O)Nc1ccc(N2CCOCC2)cn1. The lowest BCUT2D eigenvalue weighted by molar-refractivity contribution is -0.116. The summed E-state index contributed by atoms with van der Waals surface area (Å²) >= 11 is 5.89. The van der Waals surface area contributed by atoms with Crippen LogP contribution in [0.3, 0.4) is 0 Å². The van der Waals surface area contributed by atoms with Crippen molar-refractivity contribution in [3.63, 3.8) is 0 Å². The highest BCUT2D eigenvalue weighted by atomic mass is 35.5. The Kier molecular flexibility index (Phi) is 5.32. The van der Waals surface area contributed by atoms with Crippen LogP contribution in [0.4, 0.5) is 11.5 Å². The number of hydrogen-bond acceptors (Lipinski definition) is 6. The number of nitrogens with one attached hydrogen (secondary N) is 1. The van der Waals surface area contributed by atoms with E-state index in [0.717, 1.165) is 37.6 Å². The lowest BCUT2D eigenvalue weighted by atomic mass is 10.1. The number of carbonyl (C=O) groups is 1. The first-order chi connectivity index (χ1) is 11.6. The summed E-state index contributed by atoms with van der Waals surface area (Å²) in [6.45, 7) is 4.96. The van der Waals surface area contributed by atoms with Gasteiger partial charge in [0.25, 0.3) is 0 Å². The van der Waals surface area contributed by atoms with Crippen LogP contribution in [0, 0.1) is 6.92 Å². The highest BCUT2D eigenvalue weighted by Gasteiger charge is 2.14. The zero-order valence-electron chi connectivity index (χ0n) is 13.4. The molecular formula is C16H19ClN4O3. The molecule has 1 aliphatic heterocycles. The van der Waals surface area contributed by atoms with Crippen LogP contribution in [0.15, 0.2) is 22.9 Å². The van der Waals surface area contributed by atoms with Crippen LogP contribution < -0.4 is 10.2 Å². The summed E-state index contributed by atoms with van der Waals surface area (Å²) in [6.07, 6.45) is 2.53. The number of aromatic nitrogens is 2. The lowest BCUT2D eigenvalue weighted by Crippen LogP contribution is -2.36. The number of anilines is 2. The van der Waals surface area contributed by atoms with E-state index in [-0.39, 0.29) is 17.5 Å². The van der Waals surface area contributed by atoms with Crippen molar-refractivity contribution in [2.45, 2.75) is 19.8 Å². The first kappa shape index (κ1) is 16.7. The number of ether oxygens (including phenoxy) is 1. The van der Waals surface area contributed by atoms with Crippen molar-refractivity contribution in [3.05, 3.63) is 34.8 Å². The predicted molar refractivity (Wildman–Crippen MR) is 90.5 cm³/mol. The van der Waals surface area contributed by atoms with Crippen LogP contribution in [0.25, 0.3) is 0 Å². The van der Waals surface area contributed by atoms with Crippen LogP contribution in [0.1, 0.15) is 17.7 Å². The summed E-state index contributed by atoms with van der Waals surface area (Å²) < 4.78 is 10.2. The Hall–Kier alpha value is -2.12. The lowest BCUT2D eigenvalue weighted by Gasteiger charge is -2.28. The second kappa shape index (κ2) is 7.63. The molecule has 2 aromatic rings. The second-order valence-electron chi connectivity index (χ2n) is 5.57. The van der Waals surface area contributed by atoms with Crippen LogP contribution in [-0.2, 0) is 16.0 Å². The number of amides is 1. The van der Waals surface area contributed by atoms with Gasteiger partial charge in [-0.05, 0) is 37.1 Å². The molecule has 0 unspecified atom stereocenters. The van der Waals surface area contributed by atoms with Crippen LogP contribution in [-0.4, -0.2) is 42.4 Å². The Morgan fingerprint density at radius 1 is 1.38 bits per heavy atom. The van der Waals surface area contributed by atoms with E-state index in [2.05, 4.69) is 20.4 Å². The number of hydrogen-bond donors (Lipinski definition) is 1. The summed E-state index contributed by atoms with van der Waals surface area (Å²) in [7, 11) is 0. The highest BCUT2D eigenvalue weighted by molar-refractivity contribution is 6.29. The Bertz CT molecular complexity index is 676. The minimum absolute atomic E-state index is 0.127. The van der Waals surface area contributed by atoms with Gasteiger partial charge in [0, 0.05) is 25.1 Å². The van der Waals surface area contributed by atoms with Crippen molar-refractivity contribution in [3.8, 4) is 0 Å². The topological polar surface area (TPSA) is 80.5 Å². The summed E-state index contributed by atoms with van der Waals surface area (Å²) in [6, 6.07) is 3.76. The number of morpholine rings is 1. The first-order valence-electron chi connectivity index (χ1n) is 7.83. The van der Waals surface area contributed by atoms with Crippen molar-refractivity contribution in [2.75, 3.05) is 36.5 Å². The van der Waals surface area contributed by atoms with Gasteiger partial charge in [0.2, 0.25) is 11.1 Å². The summed E-state index contributed by atoms with van der Waals surface area (Å²) in [5.41, 5.74) is 2.51. The molecule has 0 aliphatic carbocycles. The minimum Gasteiger partial charge on any atom is -0.378 e. The van der Waals surface area contributed by atoms with Gasteiger partial charge in [-0.3, -0.25) is 4.79 Å². The molecule has 3 rings (SSSR count). The molecule has 128 valence electrons. The van der Waals surface area contributed by atoms with E-state index in [1.165, 1.54) is 0 Å². The number of carbonyl (C=O) groups excluding carboxylic acids is 1. The normalized spacial score (nSPS) is 14.7. The minimum atomic E-state index is -0.127. The standard InChI is InChI=1S/C16H19ClN4O3/c1-11-13(16(17)24-20-11)3-5-15(22)19-14-4-2-12(10-18-14)21-6-8-23-9-7-21/h2,4,10H,3,5-9H2,1H3,(H,18,19,22). The Labute approximate surface area is 144 Å². The Morgan fingerprint density at radius 3 is 2.79 bits per heavy atom. The molecule has 7 nitrogen and oxygen atoms in total. The molecule has 8 heteroatoms. The van der Waals surface area contributed by atoms with Gasteiger partial charge in [0.1, 0.15) is 5.82 Å². The molecule has 2 aromatic heterocycles. The molecule has 0 aromatic carbocycles. The Balaban J connectivity index is 1.52. The first-order valence-corrected chi connectivity index (χ1v) is 8.20. The fourth-order valence-corrected chi connectivity index (χ4v) is 2.82. The molecule has 24 heavy (non-hydrogen) atoms. The summed E-state index contributed by atoms with van der Waals surface area (Å²) in [5, 5.41) is 6.80. The van der Waals surface area contributed by atoms with Gasteiger partial charge in [-0.2, -0.15) is 0 Å². The third-order valence-corrected chi connectivity index (χ3v) is 4.23. The van der Waals surface area contributed by atoms with Crippen molar-refractivity contribution in [1.82, 2.24) is 10.1 Å². The molecule has 1 aliphatic rings. The molecule has 0 radical (unpaired) electrons. The van der Waals surface area contributed by atoms with Crippen LogP contribution >= 0.6 is 11.6 Å². The number of rotatable bonds is 5. The average Bonchev–Trinajstić information content (AvgIpc) is 2.93. The molecule has 3 heterocycles. The van der Waals surface area contributed by atoms with E-state index in [1.807, 2.05) is 6.07 Å². The third-order valence-electron chi connectivity index (χ3n) is 3.93. The maximum Gasteiger partial charge on any atom is 0.229 e. The number of pyridine rings is 1. The molecule has 1 N–H and O–H groups in total. The van der Waals surface area contributed by atoms with E-state index in [4.69, 9.17) is 20.9 Å². The maximum atomic E-state index is 12.0. The molecule has 1 fully saturated rings. The molecule has 1 saturated heterocycles. The van der Waals surface area contributed by atoms with Gasteiger partial charge in [-0.1, -0.05) is 5.16 Å². The van der Waals surface area contributed by atoms with Gasteiger partial charge < -0.3 is 19.5 Å². The van der Waals surface area contributed by atoms with Crippen LogP contribution in [0.2, 0.25) is 5.22 Å². The highest BCUT2D eigenvalue weighted by Crippen LogP contribution is 2.21. The van der Waals surface area contributed by atoms with Gasteiger partial charge >= 0.3 is 0 Å². The molecular weight excluding hydrogens is 332 g/mol. The Morgan fingerprint density at radius 2 is 2.17 bits per heavy atom. The zero-order chi connectivity index (χ0) is 16.9. The van der Waals surface area contributed by atoms with E-state index in [0.29, 0.717) is 17.9 Å². The zero-order valence-corrected chi connectivity index (χ0v) is 14.2. The van der Waals surface area contributed by atoms with Crippen molar-refractivity contribution in [2.24, 2.45) is 0 Å². The van der Waals surface area contributed by atoms with Crippen molar-refractivity contribution >= 4 is 29.0 Å². The third kappa shape index (κ3) is 4.04. The smallest absolute Gasteiger partial charge is 0.229 e. The van der Waals surface area contributed by atoms with Crippen molar-refractivity contribution < 1.29 is 14.1 Å². The van der Waals surface area contributed by atoms with E-state index >= 15 is 0 Å². The van der Waals surface area contributed by atoms with Gasteiger partial charge in [0.05, 0.1) is 30.8 Å². The maximum absolute atomic E-state index is 12.0. The van der Waals surface area contributed by atoms with E-state index in [9.17, 15) is 4.79 Å². The number of halogens is 1. The summed E-state index contributed by atoms with van der Waals surface area (Å²) in [4.78, 5) is 18.6. The van der Waals surface area contributed by atoms with Gasteiger partial charge in [-0.25, -0.2) is 4.98 Å². The molecule has 0 atom stereocenters. The van der Waals surface area contributed by atoms with Gasteiger partial charge in [-0.15, -0.1) is 0 Å². The molecule has 0 spiro atoms. The van der Waals surface area contributed by atoms with Gasteiger partial charge in [0.15, 0.2) is 0 Å². The van der Waals surface area contributed by atoms with E-state index in [1.54, 1.807) is 19.2 Å². The van der Waals surface area contributed by atoms with Crippen molar-refractivity contribution in [1.29, 1.82) is 0 Å². The number of aryl methyl sites for hydroxylation is 1. The molecule has 0 saturated carbocycles. The average molecular weight is 351 g/mol. The monoisotopic (exact) mass is 350 g/mol.